The lowest BCUT2D eigenvalue weighted by atomic mass is 10.2. The molecule has 5 rings (SSSR count). The molecule has 0 atom stereocenters. The van der Waals surface area contributed by atoms with Crippen molar-refractivity contribution in [2.75, 3.05) is 13.7 Å². The van der Waals surface area contributed by atoms with Gasteiger partial charge in [-0.15, -0.1) is 11.3 Å². The molecule has 5 aromatic rings. The molecule has 0 saturated carbocycles. The van der Waals surface area contributed by atoms with Crippen LogP contribution in [0.25, 0.3) is 16.9 Å². The van der Waals surface area contributed by atoms with Crippen molar-refractivity contribution in [2.24, 2.45) is 17.1 Å². The largest absolute Gasteiger partial charge is 0.507 e. The summed E-state index contributed by atoms with van der Waals surface area (Å²) in [7, 11) is 3.45. The third-order valence-corrected chi connectivity index (χ3v) is 7.24. The van der Waals surface area contributed by atoms with Gasteiger partial charge in [0, 0.05) is 29.6 Å². The summed E-state index contributed by atoms with van der Waals surface area (Å²) < 4.78 is 15.8. The van der Waals surface area contributed by atoms with Crippen LogP contribution in [-0.4, -0.2) is 39.1 Å². The molecule has 3 aromatic carbocycles. The van der Waals surface area contributed by atoms with Crippen LogP contribution >= 0.6 is 11.3 Å². The van der Waals surface area contributed by atoms with Gasteiger partial charge in [0.1, 0.15) is 17.2 Å². The average molecular weight is 556 g/mol. The highest BCUT2D eigenvalue weighted by Gasteiger charge is 2.17. The van der Waals surface area contributed by atoms with Gasteiger partial charge in [-0.25, -0.2) is 14.4 Å². The molecule has 0 bridgehead atoms. The Morgan fingerprint density at radius 2 is 1.75 bits per heavy atom. The van der Waals surface area contributed by atoms with Crippen LogP contribution in [-0.2, 0) is 7.05 Å². The minimum atomic E-state index is -0.231. The second-order valence-corrected chi connectivity index (χ2v) is 9.70. The highest BCUT2D eigenvalue weighted by Crippen LogP contribution is 2.25. The number of ether oxygens (including phenoxy) is 2. The van der Waals surface area contributed by atoms with Crippen molar-refractivity contribution in [1.29, 1.82) is 0 Å². The van der Waals surface area contributed by atoms with Crippen molar-refractivity contribution >= 4 is 23.2 Å². The van der Waals surface area contributed by atoms with Crippen LogP contribution in [0.2, 0.25) is 0 Å². The van der Waals surface area contributed by atoms with E-state index in [9.17, 15) is 9.90 Å². The van der Waals surface area contributed by atoms with Crippen LogP contribution < -0.4 is 19.8 Å². The first-order chi connectivity index (χ1) is 19.4. The quantitative estimate of drug-likeness (QED) is 0.265. The highest BCUT2D eigenvalue weighted by atomic mass is 32.1. The fourth-order valence-corrected chi connectivity index (χ4v) is 5.08. The first-order valence-electron chi connectivity index (χ1n) is 12.6. The minimum absolute atomic E-state index is 0.0414. The maximum absolute atomic E-state index is 13.5. The number of rotatable bonds is 8. The molecule has 1 N–H and O–H groups in total. The van der Waals surface area contributed by atoms with E-state index in [2.05, 4.69) is 0 Å². The Morgan fingerprint density at radius 1 is 1.02 bits per heavy atom. The molecule has 0 spiro atoms. The van der Waals surface area contributed by atoms with Gasteiger partial charge in [0.15, 0.2) is 5.69 Å². The fraction of sp³-hybridized carbons (Fsp3) is 0.167. The highest BCUT2D eigenvalue weighted by molar-refractivity contribution is 7.07. The van der Waals surface area contributed by atoms with Crippen LogP contribution in [0.3, 0.4) is 0 Å². The number of hydrogen-bond donors (Lipinski definition) is 1. The van der Waals surface area contributed by atoms with Crippen molar-refractivity contribution in [2.45, 2.75) is 13.8 Å². The molecule has 0 fully saturated rings. The Balaban J connectivity index is 1.66. The van der Waals surface area contributed by atoms with Gasteiger partial charge in [-0.1, -0.05) is 18.2 Å². The van der Waals surface area contributed by atoms with Crippen LogP contribution in [0.5, 0.6) is 17.2 Å². The Labute approximate surface area is 235 Å². The maximum atomic E-state index is 13.5. The number of phenols is 1. The van der Waals surface area contributed by atoms with E-state index in [0.717, 1.165) is 22.7 Å². The summed E-state index contributed by atoms with van der Waals surface area (Å²) in [5.41, 5.74) is 3.72. The van der Waals surface area contributed by atoms with Gasteiger partial charge in [0.25, 0.3) is 5.56 Å². The molecule has 2 heterocycles. The molecule has 40 heavy (non-hydrogen) atoms. The van der Waals surface area contributed by atoms with E-state index in [0.29, 0.717) is 34.1 Å². The molecule has 204 valence electrons. The number of aromatic hydroxyl groups is 1. The summed E-state index contributed by atoms with van der Waals surface area (Å²) in [6, 6.07) is 22.1. The number of aromatic nitrogens is 3. The van der Waals surface area contributed by atoms with E-state index in [4.69, 9.17) is 19.6 Å². The smallest absolute Gasteiger partial charge is 0.297 e. The van der Waals surface area contributed by atoms with E-state index < -0.39 is 0 Å². The van der Waals surface area contributed by atoms with Gasteiger partial charge in [-0.05, 0) is 62.4 Å². The molecular formula is C30H29N5O4S. The molecule has 0 unspecified atom stereocenters. The predicted octanol–water partition coefficient (Wildman–Crippen LogP) is 5.24. The lowest BCUT2D eigenvalue weighted by Crippen LogP contribution is -2.19. The molecule has 9 nitrogen and oxygen atoms in total. The van der Waals surface area contributed by atoms with Crippen molar-refractivity contribution in [1.82, 2.24) is 14.0 Å². The first-order valence-corrected chi connectivity index (χ1v) is 13.5. The summed E-state index contributed by atoms with van der Waals surface area (Å²) in [5, 5.41) is 17.2. The van der Waals surface area contributed by atoms with Gasteiger partial charge in [0.05, 0.1) is 37.0 Å². The zero-order valence-electron chi connectivity index (χ0n) is 22.6. The number of para-hydroxylation sites is 1. The molecule has 0 aliphatic carbocycles. The Kier molecular flexibility index (Phi) is 7.70. The van der Waals surface area contributed by atoms with E-state index in [1.165, 1.54) is 11.3 Å². The van der Waals surface area contributed by atoms with Crippen molar-refractivity contribution in [3.05, 3.63) is 105 Å². The van der Waals surface area contributed by atoms with Gasteiger partial charge >= 0.3 is 0 Å². The van der Waals surface area contributed by atoms with Crippen LogP contribution in [0.4, 0.5) is 5.69 Å². The van der Waals surface area contributed by atoms with Gasteiger partial charge < -0.3 is 14.6 Å². The van der Waals surface area contributed by atoms with Crippen LogP contribution in [0, 0.1) is 6.92 Å². The molecular weight excluding hydrogens is 526 g/mol. The fourth-order valence-electron chi connectivity index (χ4n) is 4.24. The standard InChI is InChI=1S/C30H29N5O4S/c1-5-39-25-16-13-22(27(36)17-25)18-31-34-26(21-11-14-24(38-4)15-12-21)19-40-30(34)32-28-20(2)33(3)35(29(28)37)23-9-7-6-8-10-23/h6-19,36H,5H2,1-4H3/b31-18-,32-30?. The number of methoxy groups -OCH3 is 1. The van der Waals surface area contributed by atoms with Crippen molar-refractivity contribution in [3.63, 3.8) is 0 Å². The molecule has 0 amide bonds. The molecule has 0 aliphatic rings. The summed E-state index contributed by atoms with van der Waals surface area (Å²) in [6.07, 6.45) is 1.56. The normalized spacial score (nSPS) is 11.8. The average Bonchev–Trinajstić information content (AvgIpc) is 3.46. The second-order valence-electron chi connectivity index (χ2n) is 8.86. The van der Waals surface area contributed by atoms with E-state index in [1.54, 1.807) is 45.6 Å². The van der Waals surface area contributed by atoms with E-state index in [-0.39, 0.29) is 11.3 Å². The molecule has 0 radical (unpaired) electrons. The maximum Gasteiger partial charge on any atom is 0.297 e. The molecule has 2 aromatic heterocycles. The number of nitrogens with zero attached hydrogens (tertiary/aromatic N) is 5. The first kappa shape index (κ1) is 26.8. The van der Waals surface area contributed by atoms with Gasteiger partial charge in [0.2, 0.25) is 4.80 Å². The molecule has 0 saturated heterocycles. The minimum Gasteiger partial charge on any atom is -0.507 e. The number of hydrogen-bond acceptors (Lipinski definition) is 7. The SMILES string of the molecule is CCOc1ccc(/C=N\n2c(-c3ccc(OC)cc3)csc2=Nc2c(C)n(C)n(-c3ccccc3)c2=O)c(O)c1. The number of phenolic OH excluding ortho intramolecular Hbond substituents is 1. The van der Waals surface area contributed by atoms with Gasteiger partial charge in [-0.3, -0.25) is 9.48 Å². The Hall–Kier alpha value is -4.83. The van der Waals surface area contributed by atoms with E-state index >= 15 is 0 Å². The summed E-state index contributed by atoms with van der Waals surface area (Å²) in [5.74, 6) is 1.35. The summed E-state index contributed by atoms with van der Waals surface area (Å²) in [6.45, 7) is 4.25. The van der Waals surface area contributed by atoms with Gasteiger partial charge in [-0.2, -0.15) is 5.10 Å². The monoisotopic (exact) mass is 555 g/mol. The summed E-state index contributed by atoms with van der Waals surface area (Å²) in [4.78, 5) is 18.8. The number of benzene rings is 3. The summed E-state index contributed by atoms with van der Waals surface area (Å²) >= 11 is 1.36. The van der Waals surface area contributed by atoms with Crippen LogP contribution in [0.1, 0.15) is 18.2 Å². The van der Waals surface area contributed by atoms with Crippen molar-refractivity contribution in [3.8, 4) is 34.2 Å². The second kappa shape index (κ2) is 11.5. The van der Waals surface area contributed by atoms with Crippen LogP contribution in [0.15, 0.2) is 93.1 Å². The molecule has 0 aliphatic heterocycles. The lowest BCUT2D eigenvalue weighted by molar-refractivity contribution is 0.337. The van der Waals surface area contributed by atoms with E-state index in [1.807, 2.05) is 80.9 Å². The lowest BCUT2D eigenvalue weighted by Gasteiger charge is -2.07. The third-order valence-electron chi connectivity index (χ3n) is 6.43. The molecule has 10 heteroatoms. The Bertz CT molecular complexity index is 1790. The Morgan fingerprint density at radius 3 is 2.42 bits per heavy atom. The zero-order chi connectivity index (χ0) is 28.2. The zero-order valence-corrected chi connectivity index (χ0v) is 23.4. The van der Waals surface area contributed by atoms with Crippen molar-refractivity contribution < 1.29 is 14.6 Å². The predicted molar refractivity (Wildman–Crippen MR) is 158 cm³/mol. The third kappa shape index (κ3) is 5.21. The topological polar surface area (TPSA) is 95.3 Å². The number of thiazole rings is 1.